The van der Waals surface area contributed by atoms with Crippen LogP contribution in [0.1, 0.15) is 10.5 Å². The summed E-state index contributed by atoms with van der Waals surface area (Å²) >= 11 is 13.1. The molecule has 1 N–H and O–H groups in total. The summed E-state index contributed by atoms with van der Waals surface area (Å²) in [6.45, 7) is 1.02. The number of carbonyl (C=O) groups excluding carboxylic acids is 1. The minimum Gasteiger partial charge on any atom is -0.486 e. The summed E-state index contributed by atoms with van der Waals surface area (Å²) in [5.41, 5.74) is 0.763. The Morgan fingerprint density at radius 3 is 2.67 bits per heavy atom. The Balaban J connectivity index is 1.64. The molecule has 1 amide bonds. The zero-order chi connectivity index (χ0) is 16.7. The predicted molar refractivity (Wildman–Crippen MR) is 92.8 cm³/mol. The normalized spacial score (nSPS) is 13.1. The van der Waals surface area contributed by atoms with E-state index in [0.717, 1.165) is 4.70 Å². The van der Waals surface area contributed by atoms with Gasteiger partial charge in [0.2, 0.25) is 0 Å². The van der Waals surface area contributed by atoms with Crippen molar-refractivity contribution < 1.29 is 14.3 Å². The van der Waals surface area contributed by atoms with Crippen molar-refractivity contribution in [2.45, 2.75) is 0 Å². The van der Waals surface area contributed by atoms with E-state index in [2.05, 4.69) is 15.3 Å². The number of rotatable bonds is 2. The zero-order valence-corrected chi connectivity index (χ0v) is 14.3. The number of pyridine rings is 1. The van der Waals surface area contributed by atoms with Crippen molar-refractivity contribution in [1.82, 2.24) is 9.97 Å². The highest BCUT2D eigenvalue weighted by Gasteiger charge is 2.18. The first-order chi connectivity index (χ1) is 11.6. The van der Waals surface area contributed by atoms with Gasteiger partial charge in [0.05, 0.1) is 15.2 Å². The van der Waals surface area contributed by atoms with Crippen molar-refractivity contribution in [2.24, 2.45) is 0 Å². The largest absolute Gasteiger partial charge is 0.486 e. The highest BCUT2D eigenvalue weighted by molar-refractivity contribution is 7.22. The summed E-state index contributed by atoms with van der Waals surface area (Å²) in [5.74, 6) is 0.852. The van der Waals surface area contributed by atoms with Crippen LogP contribution in [-0.2, 0) is 0 Å². The van der Waals surface area contributed by atoms with E-state index in [1.54, 1.807) is 6.07 Å². The molecule has 0 fully saturated rings. The van der Waals surface area contributed by atoms with Crippen molar-refractivity contribution in [2.75, 3.05) is 18.5 Å². The molecule has 9 heteroatoms. The maximum absolute atomic E-state index is 12.3. The van der Waals surface area contributed by atoms with Crippen LogP contribution >= 0.6 is 34.5 Å². The fourth-order valence-corrected chi connectivity index (χ4v) is 3.46. The molecule has 3 aromatic rings. The third-order valence-electron chi connectivity index (χ3n) is 3.30. The number of benzene rings is 1. The minimum atomic E-state index is -0.473. The lowest BCUT2D eigenvalue weighted by Gasteiger charge is -2.17. The van der Waals surface area contributed by atoms with Crippen LogP contribution in [0.2, 0.25) is 10.2 Å². The fourth-order valence-electron chi connectivity index (χ4n) is 2.25. The van der Waals surface area contributed by atoms with Crippen LogP contribution in [0, 0.1) is 0 Å². The number of nitrogens with one attached hydrogen (secondary N) is 1. The van der Waals surface area contributed by atoms with E-state index in [9.17, 15) is 4.79 Å². The molecule has 1 aromatic carbocycles. The molecule has 6 nitrogen and oxygen atoms in total. The Kier molecular flexibility index (Phi) is 3.91. The molecule has 0 spiro atoms. The van der Waals surface area contributed by atoms with Gasteiger partial charge in [-0.2, -0.15) is 0 Å². The first-order valence-electron chi connectivity index (χ1n) is 6.94. The van der Waals surface area contributed by atoms with E-state index in [1.165, 1.54) is 23.5 Å². The van der Waals surface area contributed by atoms with Gasteiger partial charge in [-0.3, -0.25) is 10.1 Å². The van der Waals surface area contributed by atoms with Crippen LogP contribution in [0.4, 0.5) is 5.13 Å². The first-order valence-corrected chi connectivity index (χ1v) is 8.51. The van der Waals surface area contributed by atoms with Crippen molar-refractivity contribution in [3.63, 3.8) is 0 Å². The van der Waals surface area contributed by atoms with Gasteiger partial charge in [-0.1, -0.05) is 34.5 Å². The van der Waals surface area contributed by atoms with Gasteiger partial charge in [-0.25, -0.2) is 9.97 Å². The third kappa shape index (κ3) is 2.86. The molecule has 122 valence electrons. The van der Waals surface area contributed by atoms with Gasteiger partial charge in [-0.15, -0.1) is 0 Å². The second kappa shape index (κ2) is 6.08. The highest BCUT2D eigenvalue weighted by Crippen LogP contribution is 2.38. The summed E-state index contributed by atoms with van der Waals surface area (Å²) in [6.07, 6.45) is 0. The molecule has 0 bridgehead atoms. The van der Waals surface area contributed by atoms with Gasteiger partial charge in [0.1, 0.15) is 24.1 Å². The topological polar surface area (TPSA) is 73.3 Å². The standard InChI is InChI=1S/C15H9Cl2N3O3S/c16-7-1-2-12(17)19-13(7)14(21)20-15-18-8-5-9-10(6-11(8)24-15)23-4-3-22-9/h1-2,5-6H,3-4H2,(H,18,20,21). The van der Waals surface area contributed by atoms with Gasteiger partial charge >= 0.3 is 0 Å². The number of nitrogens with zero attached hydrogens (tertiary/aromatic N) is 2. The Bertz CT molecular complexity index is 918. The average Bonchev–Trinajstić information content (AvgIpc) is 2.95. The Hall–Kier alpha value is -2.09. The van der Waals surface area contributed by atoms with Gasteiger partial charge in [0, 0.05) is 12.1 Å². The van der Waals surface area contributed by atoms with Crippen molar-refractivity contribution in [3.05, 3.63) is 40.1 Å². The number of thiazole rings is 1. The van der Waals surface area contributed by atoms with E-state index in [-0.39, 0.29) is 15.9 Å². The first kappa shape index (κ1) is 15.4. The Morgan fingerprint density at radius 1 is 1.12 bits per heavy atom. The number of carbonyl (C=O) groups is 1. The molecule has 0 aliphatic carbocycles. The molecule has 1 aliphatic heterocycles. The van der Waals surface area contributed by atoms with Gasteiger partial charge in [0.25, 0.3) is 5.91 Å². The summed E-state index contributed by atoms with van der Waals surface area (Å²) in [5, 5.41) is 3.52. The van der Waals surface area contributed by atoms with Crippen molar-refractivity contribution in [3.8, 4) is 11.5 Å². The van der Waals surface area contributed by atoms with Gasteiger partial charge in [0.15, 0.2) is 16.6 Å². The van der Waals surface area contributed by atoms with Crippen LogP contribution in [0.15, 0.2) is 24.3 Å². The number of amides is 1. The molecule has 0 radical (unpaired) electrons. The van der Waals surface area contributed by atoms with Crippen molar-refractivity contribution >= 4 is 55.8 Å². The van der Waals surface area contributed by atoms with E-state index in [1.807, 2.05) is 6.07 Å². The Labute approximate surface area is 150 Å². The quantitative estimate of drug-likeness (QED) is 0.678. The lowest BCUT2D eigenvalue weighted by molar-refractivity contribution is 0.102. The molecule has 0 saturated carbocycles. The number of aromatic nitrogens is 2. The second-order valence-corrected chi connectivity index (χ2v) is 6.73. The fraction of sp³-hybridized carbons (Fsp3) is 0.133. The van der Waals surface area contributed by atoms with Crippen LogP contribution in [0.5, 0.6) is 11.5 Å². The van der Waals surface area contributed by atoms with Crippen LogP contribution in [0.25, 0.3) is 10.2 Å². The monoisotopic (exact) mass is 381 g/mol. The Morgan fingerprint density at radius 2 is 1.88 bits per heavy atom. The molecule has 2 aromatic heterocycles. The molecule has 4 rings (SSSR count). The molecular weight excluding hydrogens is 373 g/mol. The molecular formula is C15H9Cl2N3O3S. The van der Waals surface area contributed by atoms with E-state index >= 15 is 0 Å². The van der Waals surface area contributed by atoms with E-state index in [4.69, 9.17) is 32.7 Å². The number of halogens is 2. The van der Waals surface area contributed by atoms with E-state index in [0.29, 0.717) is 35.4 Å². The number of anilines is 1. The molecule has 0 unspecified atom stereocenters. The molecule has 0 atom stereocenters. The summed E-state index contributed by atoms with van der Waals surface area (Å²) in [4.78, 5) is 20.7. The predicted octanol–water partition coefficient (Wildman–Crippen LogP) is 4.02. The zero-order valence-electron chi connectivity index (χ0n) is 12.0. The number of ether oxygens (including phenoxy) is 2. The molecule has 24 heavy (non-hydrogen) atoms. The maximum Gasteiger partial charge on any atom is 0.277 e. The molecule has 0 saturated heterocycles. The molecule has 3 heterocycles. The SMILES string of the molecule is O=C(Nc1nc2cc3c(cc2s1)OCCO3)c1nc(Cl)ccc1Cl. The van der Waals surface area contributed by atoms with Crippen LogP contribution < -0.4 is 14.8 Å². The lowest BCUT2D eigenvalue weighted by Crippen LogP contribution is -2.15. The average molecular weight is 382 g/mol. The summed E-state index contributed by atoms with van der Waals surface area (Å²) < 4.78 is 11.9. The van der Waals surface area contributed by atoms with Gasteiger partial charge in [-0.05, 0) is 12.1 Å². The minimum absolute atomic E-state index is 0.0504. The van der Waals surface area contributed by atoms with Crippen LogP contribution in [0.3, 0.4) is 0 Å². The summed E-state index contributed by atoms with van der Waals surface area (Å²) in [7, 11) is 0. The lowest BCUT2D eigenvalue weighted by atomic mass is 10.3. The third-order valence-corrected chi connectivity index (χ3v) is 4.75. The molecule has 1 aliphatic rings. The van der Waals surface area contributed by atoms with Crippen molar-refractivity contribution in [1.29, 1.82) is 0 Å². The smallest absolute Gasteiger partial charge is 0.277 e. The highest BCUT2D eigenvalue weighted by atomic mass is 35.5. The van der Waals surface area contributed by atoms with Gasteiger partial charge < -0.3 is 9.47 Å². The second-order valence-electron chi connectivity index (χ2n) is 4.90. The van der Waals surface area contributed by atoms with E-state index < -0.39 is 5.91 Å². The van der Waals surface area contributed by atoms with Crippen LogP contribution in [-0.4, -0.2) is 29.1 Å². The number of fused-ring (bicyclic) bond motifs is 2. The maximum atomic E-state index is 12.3. The number of hydrogen-bond donors (Lipinski definition) is 1. The number of hydrogen-bond acceptors (Lipinski definition) is 6. The summed E-state index contributed by atoms with van der Waals surface area (Å²) in [6, 6.07) is 6.68.